The predicted octanol–water partition coefficient (Wildman–Crippen LogP) is 11.1. The van der Waals surface area contributed by atoms with Crippen molar-refractivity contribution in [3.8, 4) is 0 Å². The van der Waals surface area contributed by atoms with Crippen LogP contribution in [0.25, 0.3) is 0 Å². The fourth-order valence-electron chi connectivity index (χ4n) is 5.43. The first-order valence-corrected chi connectivity index (χ1v) is 18.1. The molecule has 0 aromatic heterocycles. The maximum Gasteiger partial charge on any atom is 0.345 e. The number of nitrogens with one attached hydrogen (secondary N) is 1. The lowest BCUT2D eigenvalue weighted by Crippen LogP contribution is -2.27. The number of hydrogen-bond acceptors (Lipinski definition) is 5. The molecule has 0 spiro atoms. The summed E-state index contributed by atoms with van der Waals surface area (Å²) in [4.78, 5) is 12.4. The molecule has 276 valence electrons. The van der Waals surface area contributed by atoms with Crippen LogP contribution in [0.1, 0.15) is 132 Å². The molecular formula is C40H61F4N3O2. The van der Waals surface area contributed by atoms with E-state index in [0.717, 1.165) is 36.6 Å². The molecule has 0 radical (unpaired) electrons. The average molecular weight is 692 g/mol. The molecule has 4 rings (SSSR count). The minimum atomic E-state index is -2.93. The van der Waals surface area contributed by atoms with Gasteiger partial charge < -0.3 is 10.1 Å². The Morgan fingerprint density at radius 3 is 2.08 bits per heavy atom. The number of Topliss-reactive ketones (excluding diaryl/α,β-unsaturated/α-hetero) is 1. The Balaban J connectivity index is 0.000000406. The smallest absolute Gasteiger partial charge is 0.319 e. The molecule has 0 bridgehead atoms. The van der Waals surface area contributed by atoms with Crippen molar-refractivity contribution in [2.45, 2.75) is 139 Å². The molecule has 1 fully saturated rings. The van der Waals surface area contributed by atoms with E-state index in [4.69, 9.17) is 0 Å². The summed E-state index contributed by atoms with van der Waals surface area (Å²) in [5, 5.41) is 10.9. The highest BCUT2D eigenvalue weighted by atomic mass is 19.3. The second-order valence-electron chi connectivity index (χ2n) is 12.9. The van der Waals surface area contributed by atoms with Crippen LogP contribution >= 0.6 is 0 Å². The number of aryl methyl sites for hydroxylation is 1. The first-order chi connectivity index (χ1) is 23.3. The van der Waals surface area contributed by atoms with Gasteiger partial charge in [0.2, 0.25) is 0 Å². The number of carbonyl (C=O) groups is 1. The number of nitrogens with zero attached hydrogens (tertiary/aromatic N) is 2. The highest BCUT2D eigenvalue weighted by Crippen LogP contribution is 2.34. The number of carbonyl (C=O) groups excluding carboxylic acids is 1. The molecule has 2 aliphatic rings. The van der Waals surface area contributed by atoms with Gasteiger partial charge in [-0.25, -0.2) is 8.78 Å². The quantitative estimate of drug-likeness (QED) is 0.158. The van der Waals surface area contributed by atoms with Gasteiger partial charge in [-0.2, -0.15) is 19.0 Å². The predicted molar refractivity (Wildman–Crippen MR) is 196 cm³/mol. The van der Waals surface area contributed by atoms with E-state index < -0.39 is 18.6 Å². The van der Waals surface area contributed by atoms with Gasteiger partial charge in [-0.05, 0) is 86.7 Å². The van der Waals surface area contributed by atoms with E-state index in [2.05, 4.69) is 34.1 Å². The summed E-state index contributed by atoms with van der Waals surface area (Å²) in [6.07, 6.45) is 9.87. The van der Waals surface area contributed by atoms with Gasteiger partial charge in [0.1, 0.15) is 0 Å². The van der Waals surface area contributed by atoms with Crippen LogP contribution in [-0.2, 0) is 30.0 Å². The standard InChI is InChI=1S/C20H29F2NO.C12H16F2O.C6H10N2.C2H6/c1-4-7-19(24)17-10-15(13-23-12-14-8-6-9-14)11-18(16(17)5-2)20(3,21)22;1-3-11(15-12(13)14)8-10-6-4-5-9(2)7-10;1-5-3-7-8-4-6(5)2;1-2/h10-11,14,23H,4-9,12-13H2,1-3H3;4-7,11-12H,3,8H2,1-2H3;3-6H,1-2H3;1-2H3. The van der Waals surface area contributed by atoms with E-state index in [0.29, 0.717) is 61.1 Å². The van der Waals surface area contributed by atoms with Gasteiger partial charge in [0.15, 0.2) is 5.78 Å². The van der Waals surface area contributed by atoms with E-state index in [1.165, 1.54) is 19.3 Å². The molecule has 1 aliphatic heterocycles. The fourth-order valence-corrected chi connectivity index (χ4v) is 5.43. The Bertz CT molecular complexity index is 1270. The minimum absolute atomic E-state index is 0.00685. The summed E-state index contributed by atoms with van der Waals surface area (Å²) in [7, 11) is 0. The van der Waals surface area contributed by atoms with Crippen molar-refractivity contribution in [2.75, 3.05) is 6.54 Å². The lowest BCUT2D eigenvalue weighted by molar-refractivity contribution is -0.162. The molecular weight excluding hydrogens is 630 g/mol. The Hall–Kier alpha value is -2.91. The second kappa shape index (κ2) is 23.5. The van der Waals surface area contributed by atoms with Gasteiger partial charge in [-0.1, -0.05) is 84.7 Å². The van der Waals surface area contributed by atoms with Crippen LogP contribution in [0, 0.1) is 24.7 Å². The number of alkyl halides is 4. The minimum Gasteiger partial charge on any atom is -0.319 e. The third kappa shape index (κ3) is 16.6. The first kappa shape index (κ1) is 44.1. The van der Waals surface area contributed by atoms with E-state index in [9.17, 15) is 22.4 Å². The lowest BCUT2D eigenvalue weighted by Gasteiger charge is -2.26. The van der Waals surface area contributed by atoms with Crippen LogP contribution in [-0.4, -0.2) is 37.5 Å². The molecule has 5 nitrogen and oxygen atoms in total. The molecule has 1 heterocycles. The summed E-state index contributed by atoms with van der Waals surface area (Å²) in [5.74, 6) is -1.12. The van der Waals surface area contributed by atoms with E-state index in [1.807, 2.05) is 84.3 Å². The molecule has 9 heteroatoms. The zero-order valence-corrected chi connectivity index (χ0v) is 31.3. The maximum atomic E-state index is 14.1. The molecule has 1 N–H and O–H groups in total. The number of benzene rings is 2. The summed E-state index contributed by atoms with van der Waals surface area (Å²) in [6, 6.07) is 11.2. The van der Waals surface area contributed by atoms with Crippen molar-refractivity contribution in [3.63, 3.8) is 0 Å². The molecule has 0 saturated heterocycles. The summed E-state index contributed by atoms with van der Waals surface area (Å²) in [5.41, 5.74) is 3.96. The number of hydrogen-bond donors (Lipinski definition) is 1. The van der Waals surface area contributed by atoms with Crippen molar-refractivity contribution < 1.29 is 27.1 Å². The van der Waals surface area contributed by atoms with Crippen molar-refractivity contribution in [2.24, 2.45) is 28.0 Å². The van der Waals surface area contributed by atoms with Crippen LogP contribution in [0.4, 0.5) is 17.6 Å². The molecule has 0 amide bonds. The van der Waals surface area contributed by atoms with Crippen molar-refractivity contribution in [3.05, 3.63) is 69.8 Å². The monoisotopic (exact) mass is 691 g/mol. The van der Waals surface area contributed by atoms with E-state index >= 15 is 0 Å². The first-order valence-electron chi connectivity index (χ1n) is 18.1. The van der Waals surface area contributed by atoms with Crippen LogP contribution in [0.5, 0.6) is 0 Å². The maximum absolute atomic E-state index is 14.1. The van der Waals surface area contributed by atoms with Crippen molar-refractivity contribution >= 4 is 18.2 Å². The second-order valence-corrected chi connectivity index (χ2v) is 12.9. The molecule has 3 unspecified atom stereocenters. The molecule has 1 saturated carbocycles. The van der Waals surface area contributed by atoms with Gasteiger partial charge in [0, 0.05) is 55.3 Å². The van der Waals surface area contributed by atoms with Crippen LogP contribution in [0.2, 0.25) is 0 Å². The molecule has 2 aromatic rings. The van der Waals surface area contributed by atoms with Gasteiger partial charge >= 0.3 is 6.61 Å². The summed E-state index contributed by atoms with van der Waals surface area (Å²) in [6.45, 7) is 15.6. The van der Waals surface area contributed by atoms with Gasteiger partial charge in [0.25, 0.3) is 5.92 Å². The third-order valence-corrected chi connectivity index (χ3v) is 8.70. The van der Waals surface area contributed by atoms with Crippen molar-refractivity contribution in [1.29, 1.82) is 0 Å². The van der Waals surface area contributed by atoms with Gasteiger partial charge in [-0.15, -0.1) is 0 Å². The number of ether oxygens (including phenoxy) is 1. The largest absolute Gasteiger partial charge is 0.345 e. The summed E-state index contributed by atoms with van der Waals surface area (Å²) >= 11 is 0. The third-order valence-electron chi connectivity index (χ3n) is 8.70. The topological polar surface area (TPSA) is 63.1 Å². The highest BCUT2D eigenvalue weighted by molar-refractivity contribution is 5.98. The van der Waals surface area contributed by atoms with Crippen LogP contribution in [0.3, 0.4) is 0 Å². The molecule has 1 aliphatic carbocycles. The highest BCUT2D eigenvalue weighted by Gasteiger charge is 2.30. The number of halogens is 4. The summed E-state index contributed by atoms with van der Waals surface area (Å²) < 4.78 is 56.8. The number of ketones is 1. The van der Waals surface area contributed by atoms with E-state index in [-0.39, 0.29) is 11.3 Å². The Kier molecular flexibility index (Phi) is 21.1. The Morgan fingerprint density at radius 1 is 1.00 bits per heavy atom. The SMILES string of the molecule is CC.CC1C=NN=CC1C.CCC(Cc1cccc(C)c1)OC(F)F.CCCC(=O)c1cc(CNCC2CCC2)cc(C(C)(F)F)c1CC. The Labute approximate surface area is 293 Å². The van der Waals surface area contributed by atoms with Gasteiger partial charge in [0.05, 0.1) is 6.10 Å². The van der Waals surface area contributed by atoms with Crippen LogP contribution in [0.15, 0.2) is 46.6 Å². The van der Waals surface area contributed by atoms with Gasteiger partial charge in [-0.3, -0.25) is 4.79 Å². The molecule has 2 aromatic carbocycles. The molecule has 3 atom stereocenters. The number of rotatable bonds is 14. The van der Waals surface area contributed by atoms with Crippen LogP contribution < -0.4 is 5.32 Å². The lowest BCUT2D eigenvalue weighted by atomic mass is 9.85. The zero-order valence-electron chi connectivity index (χ0n) is 31.3. The Morgan fingerprint density at radius 2 is 1.63 bits per heavy atom. The fraction of sp³-hybridized carbons (Fsp3) is 0.625. The average Bonchev–Trinajstić information content (AvgIpc) is 3.04. The van der Waals surface area contributed by atoms with Crippen molar-refractivity contribution in [1.82, 2.24) is 5.32 Å². The van der Waals surface area contributed by atoms with E-state index in [1.54, 1.807) is 6.07 Å². The zero-order chi connectivity index (χ0) is 37.0. The normalized spacial score (nSPS) is 17.5. The molecule has 49 heavy (non-hydrogen) atoms.